The maximum atomic E-state index is 12.9. The molecule has 6 nitrogen and oxygen atoms in total. The van der Waals surface area contributed by atoms with Crippen LogP contribution in [0, 0.1) is 11.8 Å². The summed E-state index contributed by atoms with van der Waals surface area (Å²) >= 11 is 0. The van der Waals surface area contributed by atoms with Crippen LogP contribution in [0.1, 0.15) is 24.8 Å². The third kappa shape index (κ3) is 4.09. The number of amides is 3. The zero-order valence-corrected chi connectivity index (χ0v) is 15.8. The molecular formula is C20H22F3N3O3. The van der Waals surface area contributed by atoms with E-state index in [2.05, 4.69) is 0 Å². The number of hydrogen-bond acceptors (Lipinski definition) is 3. The van der Waals surface area contributed by atoms with Gasteiger partial charge in [0.1, 0.15) is 0 Å². The number of benzene rings is 1. The van der Waals surface area contributed by atoms with Crippen molar-refractivity contribution in [3.05, 3.63) is 29.8 Å². The Hall–Kier alpha value is -2.58. The van der Waals surface area contributed by atoms with Crippen molar-refractivity contribution >= 4 is 23.4 Å². The molecule has 1 aromatic rings. The highest BCUT2D eigenvalue weighted by Gasteiger charge is 2.40. The quantitative estimate of drug-likeness (QED) is 0.769. The average Bonchev–Trinajstić information content (AvgIpc) is 3.48. The fraction of sp³-hybridized carbons (Fsp3) is 0.550. The first-order valence-corrected chi connectivity index (χ1v) is 9.79. The molecule has 1 saturated carbocycles. The van der Waals surface area contributed by atoms with Crippen molar-refractivity contribution in [2.75, 3.05) is 37.6 Å². The Balaban J connectivity index is 1.38. The van der Waals surface area contributed by atoms with E-state index in [1.807, 2.05) is 0 Å². The maximum absolute atomic E-state index is 12.9. The third-order valence-corrected chi connectivity index (χ3v) is 5.79. The maximum Gasteiger partial charge on any atom is 0.416 e. The summed E-state index contributed by atoms with van der Waals surface area (Å²) in [5.74, 6) is -0.811. The Morgan fingerprint density at radius 1 is 0.931 bits per heavy atom. The van der Waals surface area contributed by atoms with Crippen LogP contribution >= 0.6 is 0 Å². The molecule has 1 aliphatic carbocycles. The fourth-order valence-corrected chi connectivity index (χ4v) is 3.97. The van der Waals surface area contributed by atoms with E-state index in [0.29, 0.717) is 26.2 Å². The molecule has 3 amide bonds. The Bertz CT molecular complexity index is 830. The van der Waals surface area contributed by atoms with Crippen LogP contribution in [0.15, 0.2) is 24.3 Å². The summed E-state index contributed by atoms with van der Waals surface area (Å²) in [6, 6.07) is 4.60. The summed E-state index contributed by atoms with van der Waals surface area (Å²) in [6.45, 7) is 1.88. The van der Waals surface area contributed by atoms with Gasteiger partial charge in [0.25, 0.3) is 0 Å². The number of rotatable bonds is 3. The van der Waals surface area contributed by atoms with Crippen molar-refractivity contribution in [3.8, 4) is 0 Å². The van der Waals surface area contributed by atoms with Crippen LogP contribution in [0.3, 0.4) is 0 Å². The standard InChI is InChI=1S/C20H22F3N3O3/c21-20(22,23)15-2-1-3-16(11-15)26-12-14(10-17(26)27)19(29)25-8-6-24(7-9-25)18(28)13-4-5-13/h1-3,11,13-14H,4-10,12H2. The molecule has 1 aromatic carbocycles. The SMILES string of the molecule is O=C(C1CC1)N1CCN(C(=O)C2CC(=O)N(c3cccc(C(F)(F)F)c3)C2)CC1. The Labute approximate surface area is 166 Å². The summed E-state index contributed by atoms with van der Waals surface area (Å²) in [7, 11) is 0. The van der Waals surface area contributed by atoms with Crippen LogP contribution in [0.2, 0.25) is 0 Å². The lowest BCUT2D eigenvalue weighted by atomic mass is 10.1. The minimum atomic E-state index is -4.49. The summed E-state index contributed by atoms with van der Waals surface area (Å²) in [5.41, 5.74) is -0.672. The number of anilines is 1. The minimum absolute atomic E-state index is 0.0176. The molecule has 2 saturated heterocycles. The topological polar surface area (TPSA) is 60.9 Å². The fourth-order valence-electron chi connectivity index (χ4n) is 3.97. The number of hydrogen-bond donors (Lipinski definition) is 0. The van der Waals surface area contributed by atoms with Crippen molar-refractivity contribution in [2.45, 2.75) is 25.4 Å². The van der Waals surface area contributed by atoms with Gasteiger partial charge < -0.3 is 14.7 Å². The first-order chi connectivity index (χ1) is 13.7. The van der Waals surface area contributed by atoms with Gasteiger partial charge in [0.05, 0.1) is 11.5 Å². The van der Waals surface area contributed by atoms with E-state index in [4.69, 9.17) is 0 Å². The van der Waals surface area contributed by atoms with Gasteiger partial charge in [-0.1, -0.05) is 6.07 Å². The zero-order valence-electron chi connectivity index (χ0n) is 15.8. The highest BCUT2D eigenvalue weighted by Crippen LogP contribution is 2.34. The van der Waals surface area contributed by atoms with Crippen LogP contribution in [0.5, 0.6) is 0 Å². The van der Waals surface area contributed by atoms with E-state index in [0.717, 1.165) is 25.0 Å². The van der Waals surface area contributed by atoms with Gasteiger partial charge in [-0.25, -0.2) is 0 Å². The second-order valence-electron chi connectivity index (χ2n) is 7.88. The van der Waals surface area contributed by atoms with Gasteiger partial charge in [-0.2, -0.15) is 13.2 Å². The van der Waals surface area contributed by atoms with Crippen LogP contribution in [0.25, 0.3) is 0 Å². The van der Waals surface area contributed by atoms with Gasteiger partial charge in [-0.3, -0.25) is 14.4 Å². The van der Waals surface area contributed by atoms with Gasteiger partial charge in [-0.15, -0.1) is 0 Å². The van der Waals surface area contributed by atoms with Crippen molar-refractivity contribution in [1.82, 2.24) is 9.80 Å². The largest absolute Gasteiger partial charge is 0.416 e. The molecule has 0 spiro atoms. The molecule has 29 heavy (non-hydrogen) atoms. The monoisotopic (exact) mass is 409 g/mol. The van der Waals surface area contributed by atoms with Crippen molar-refractivity contribution < 1.29 is 27.6 Å². The van der Waals surface area contributed by atoms with Crippen molar-refractivity contribution in [2.24, 2.45) is 11.8 Å². The number of carbonyl (C=O) groups excluding carboxylic acids is 3. The summed E-state index contributed by atoms with van der Waals surface area (Å²) in [4.78, 5) is 42.0. The summed E-state index contributed by atoms with van der Waals surface area (Å²) in [5, 5.41) is 0. The van der Waals surface area contributed by atoms with Gasteiger partial charge in [0.15, 0.2) is 0 Å². The Morgan fingerprint density at radius 2 is 1.52 bits per heavy atom. The highest BCUT2D eigenvalue weighted by atomic mass is 19.4. The molecule has 0 N–H and O–H groups in total. The lowest BCUT2D eigenvalue weighted by molar-refractivity contribution is -0.142. The zero-order chi connectivity index (χ0) is 20.8. The molecule has 2 heterocycles. The molecule has 0 radical (unpaired) electrons. The smallest absolute Gasteiger partial charge is 0.339 e. The van der Waals surface area contributed by atoms with Crippen LogP contribution in [-0.4, -0.2) is 60.2 Å². The second kappa shape index (κ2) is 7.35. The Kier molecular flexibility index (Phi) is 5.00. The molecule has 9 heteroatoms. The van der Waals surface area contributed by atoms with Crippen LogP contribution in [-0.2, 0) is 20.6 Å². The normalized spacial score (nSPS) is 22.9. The van der Waals surface area contributed by atoms with E-state index in [9.17, 15) is 27.6 Å². The third-order valence-electron chi connectivity index (χ3n) is 5.79. The molecular weight excluding hydrogens is 387 g/mol. The molecule has 4 rings (SSSR count). The molecule has 0 bridgehead atoms. The molecule has 1 atom stereocenters. The number of halogens is 3. The van der Waals surface area contributed by atoms with Gasteiger partial charge >= 0.3 is 6.18 Å². The number of alkyl halides is 3. The van der Waals surface area contributed by atoms with E-state index in [-0.39, 0.29) is 42.3 Å². The van der Waals surface area contributed by atoms with Gasteiger partial charge in [-0.05, 0) is 31.0 Å². The lowest BCUT2D eigenvalue weighted by Crippen LogP contribution is -2.52. The minimum Gasteiger partial charge on any atom is -0.339 e. The van der Waals surface area contributed by atoms with E-state index in [1.54, 1.807) is 9.80 Å². The second-order valence-corrected chi connectivity index (χ2v) is 7.88. The molecule has 0 aromatic heterocycles. The first kappa shape index (κ1) is 19.7. The molecule has 3 fully saturated rings. The molecule has 2 aliphatic heterocycles. The van der Waals surface area contributed by atoms with E-state index >= 15 is 0 Å². The van der Waals surface area contributed by atoms with Gasteiger partial charge in [0.2, 0.25) is 17.7 Å². The first-order valence-electron chi connectivity index (χ1n) is 9.79. The van der Waals surface area contributed by atoms with Crippen molar-refractivity contribution in [3.63, 3.8) is 0 Å². The van der Waals surface area contributed by atoms with E-state index in [1.165, 1.54) is 17.0 Å². The summed E-state index contributed by atoms with van der Waals surface area (Å²) < 4.78 is 38.8. The number of carbonyl (C=O) groups is 3. The van der Waals surface area contributed by atoms with Crippen LogP contribution < -0.4 is 4.90 Å². The lowest BCUT2D eigenvalue weighted by Gasteiger charge is -2.36. The summed E-state index contributed by atoms with van der Waals surface area (Å²) in [6.07, 6.45) is -2.64. The number of nitrogens with zero attached hydrogens (tertiary/aromatic N) is 3. The molecule has 1 unspecified atom stereocenters. The average molecular weight is 409 g/mol. The molecule has 156 valence electrons. The predicted molar refractivity (Wildman–Crippen MR) is 97.8 cm³/mol. The Morgan fingerprint density at radius 3 is 2.07 bits per heavy atom. The van der Waals surface area contributed by atoms with Gasteiger partial charge in [0, 0.05) is 50.7 Å². The van der Waals surface area contributed by atoms with Crippen LogP contribution in [0.4, 0.5) is 18.9 Å². The predicted octanol–water partition coefficient (Wildman–Crippen LogP) is 2.14. The van der Waals surface area contributed by atoms with E-state index < -0.39 is 17.7 Å². The highest BCUT2D eigenvalue weighted by molar-refractivity contribution is 6.00. The molecule has 3 aliphatic rings. The number of piperazine rings is 1. The van der Waals surface area contributed by atoms with Crippen molar-refractivity contribution in [1.29, 1.82) is 0 Å².